The molecule has 1 N–H and O–H groups in total. The Balaban J connectivity index is 1.55. The number of amides is 3. The number of carbonyl (C=O) groups excluding carboxylic acids is 3. The second-order valence-electron chi connectivity index (χ2n) is 9.65. The molecule has 0 radical (unpaired) electrons. The van der Waals surface area contributed by atoms with Crippen LogP contribution in [0.15, 0.2) is 48.5 Å². The summed E-state index contributed by atoms with van der Waals surface area (Å²) in [4.78, 5) is 43.5. The molecule has 2 aliphatic rings. The Bertz CT molecular complexity index is 1090. The van der Waals surface area contributed by atoms with Crippen molar-refractivity contribution in [2.75, 3.05) is 26.8 Å². The van der Waals surface area contributed by atoms with Crippen LogP contribution in [-0.4, -0.2) is 72.1 Å². The average molecular weight is 494 g/mol. The summed E-state index contributed by atoms with van der Waals surface area (Å²) in [6.07, 6.45) is 1.65. The Morgan fingerprint density at radius 3 is 2.19 bits per heavy atom. The van der Waals surface area contributed by atoms with Gasteiger partial charge in [0.1, 0.15) is 17.5 Å². The van der Waals surface area contributed by atoms with Crippen LogP contribution in [0.2, 0.25) is 0 Å². The Morgan fingerprint density at radius 1 is 1.03 bits per heavy atom. The Morgan fingerprint density at radius 2 is 1.61 bits per heavy atom. The molecule has 2 aliphatic heterocycles. The summed E-state index contributed by atoms with van der Waals surface area (Å²) >= 11 is 0. The molecule has 8 nitrogen and oxygen atoms in total. The number of methoxy groups -OCH3 is 1. The summed E-state index contributed by atoms with van der Waals surface area (Å²) in [5, 5.41) is 3.01. The molecular formula is C28H35N3O5. The van der Waals surface area contributed by atoms with Gasteiger partial charge in [0.15, 0.2) is 0 Å². The first-order valence-electron chi connectivity index (χ1n) is 12.6. The van der Waals surface area contributed by atoms with Crippen molar-refractivity contribution >= 4 is 17.7 Å². The molecule has 4 rings (SSSR count). The van der Waals surface area contributed by atoms with Crippen LogP contribution in [0.1, 0.15) is 59.4 Å². The fourth-order valence-corrected chi connectivity index (χ4v) is 4.82. The first kappa shape index (κ1) is 25.7. The maximum atomic E-state index is 13.8. The normalized spacial score (nSPS) is 19.7. The van der Waals surface area contributed by atoms with Gasteiger partial charge < -0.3 is 19.7 Å². The fourth-order valence-electron chi connectivity index (χ4n) is 4.82. The molecule has 2 saturated heterocycles. The van der Waals surface area contributed by atoms with Crippen LogP contribution in [0, 0.1) is 6.92 Å². The van der Waals surface area contributed by atoms with Crippen molar-refractivity contribution in [3.05, 3.63) is 65.2 Å². The molecule has 0 bridgehead atoms. The fraction of sp³-hybridized carbons (Fsp3) is 0.464. The van der Waals surface area contributed by atoms with E-state index >= 15 is 0 Å². The van der Waals surface area contributed by atoms with Crippen LogP contribution in [0.5, 0.6) is 5.75 Å². The van der Waals surface area contributed by atoms with Crippen molar-refractivity contribution in [1.82, 2.24) is 15.1 Å². The maximum Gasteiger partial charge on any atom is 0.256 e. The van der Waals surface area contributed by atoms with Gasteiger partial charge >= 0.3 is 0 Å². The minimum Gasteiger partial charge on any atom is -0.497 e. The van der Waals surface area contributed by atoms with Gasteiger partial charge in [0.05, 0.1) is 13.7 Å². The van der Waals surface area contributed by atoms with E-state index in [1.54, 1.807) is 53.3 Å². The van der Waals surface area contributed by atoms with Gasteiger partial charge in [-0.1, -0.05) is 24.6 Å². The third kappa shape index (κ3) is 5.09. The molecule has 2 aromatic rings. The SMILES string of the molecule is CC[C@H](C)NC(=O)[C@@H]1COC2(CCN(C(=O)c3ccc(OC)cc3)CC2)N1C(=O)c1ccc(C)cc1. The summed E-state index contributed by atoms with van der Waals surface area (Å²) in [6, 6.07) is 13.7. The number of piperidine rings is 1. The summed E-state index contributed by atoms with van der Waals surface area (Å²) in [6.45, 7) is 6.88. The van der Waals surface area contributed by atoms with Gasteiger partial charge in [0.25, 0.3) is 11.8 Å². The third-order valence-corrected chi connectivity index (χ3v) is 7.25. The molecule has 2 atom stereocenters. The van der Waals surface area contributed by atoms with E-state index < -0.39 is 11.8 Å². The number of aryl methyl sites for hydroxylation is 1. The zero-order valence-corrected chi connectivity index (χ0v) is 21.5. The second-order valence-corrected chi connectivity index (χ2v) is 9.65. The van der Waals surface area contributed by atoms with Crippen LogP contribution in [0.25, 0.3) is 0 Å². The highest BCUT2D eigenvalue weighted by Gasteiger charge is 2.54. The number of nitrogens with zero attached hydrogens (tertiary/aromatic N) is 2. The zero-order valence-electron chi connectivity index (χ0n) is 21.5. The van der Waals surface area contributed by atoms with Crippen molar-refractivity contribution in [3.63, 3.8) is 0 Å². The van der Waals surface area contributed by atoms with E-state index in [1.165, 1.54) is 0 Å². The first-order chi connectivity index (χ1) is 17.3. The highest BCUT2D eigenvalue weighted by Crippen LogP contribution is 2.39. The van der Waals surface area contributed by atoms with Crippen LogP contribution in [0.4, 0.5) is 0 Å². The third-order valence-electron chi connectivity index (χ3n) is 7.25. The standard InChI is InChI=1S/C28H35N3O5/c1-5-20(3)29-25(32)24-18-36-28(31(24)27(34)22-8-6-19(2)7-9-22)14-16-30(17-15-28)26(33)21-10-12-23(35-4)13-11-21/h6-13,20,24H,5,14-18H2,1-4H3,(H,29,32)/t20-,24-/m0/s1. The number of ether oxygens (including phenoxy) is 2. The monoisotopic (exact) mass is 493 g/mol. The second kappa shape index (κ2) is 10.7. The van der Waals surface area contributed by atoms with Crippen LogP contribution >= 0.6 is 0 Å². The Labute approximate surface area is 212 Å². The Hall–Kier alpha value is -3.39. The van der Waals surface area contributed by atoms with Crippen LogP contribution < -0.4 is 10.1 Å². The van der Waals surface area contributed by atoms with Gasteiger partial charge in [-0.25, -0.2) is 0 Å². The predicted molar refractivity (Wildman–Crippen MR) is 136 cm³/mol. The largest absolute Gasteiger partial charge is 0.497 e. The van der Waals surface area contributed by atoms with Gasteiger partial charge in [-0.15, -0.1) is 0 Å². The summed E-state index contributed by atoms with van der Waals surface area (Å²) < 4.78 is 11.4. The van der Waals surface area contributed by atoms with Crippen LogP contribution in [-0.2, 0) is 9.53 Å². The van der Waals surface area contributed by atoms with E-state index in [4.69, 9.17) is 9.47 Å². The van der Waals surface area contributed by atoms with Gasteiger partial charge in [0.2, 0.25) is 5.91 Å². The molecule has 0 aliphatic carbocycles. The lowest BCUT2D eigenvalue weighted by atomic mass is 9.96. The van der Waals surface area contributed by atoms with E-state index in [1.807, 2.05) is 32.9 Å². The molecule has 36 heavy (non-hydrogen) atoms. The molecule has 0 saturated carbocycles. The number of carbonyl (C=O) groups is 3. The summed E-state index contributed by atoms with van der Waals surface area (Å²) in [5.41, 5.74) is 1.22. The van der Waals surface area contributed by atoms with E-state index in [2.05, 4.69) is 5.32 Å². The van der Waals surface area contributed by atoms with Crippen molar-refractivity contribution in [2.45, 2.75) is 57.8 Å². The van der Waals surface area contributed by atoms with Crippen LogP contribution in [0.3, 0.4) is 0 Å². The molecule has 2 fully saturated rings. The molecule has 192 valence electrons. The van der Waals surface area contributed by atoms with E-state index in [-0.39, 0.29) is 30.4 Å². The van der Waals surface area contributed by atoms with Gasteiger partial charge in [-0.2, -0.15) is 0 Å². The summed E-state index contributed by atoms with van der Waals surface area (Å²) in [5.74, 6) is 0.175. The molecule has 0 aromatic heterocycles. The Kier molecular flexibility index (Phi) is 7.64. The number of benzene rings is 2. The highest BCUT2D eigenvalue weighted by atomic mass is 16.5. The lowest BCUT2D eigenvalue weighted by Crippen LogP contribution is -2.60. The molecule has 2 aromatic carbocycles. The van der Waals surface area contributed by atoms with Crippen molar-refractivity contribution in [2.24, 2.45) is 0 Å². The highest BCUT2D eigenvalue weighted by molar-refractivity contribution is 5.98. The predicted octanol–water partition coefficient (Wildman–Crippen LogP) is 3.39. The number of hydrogen-bond acceptors (Lipinski definition) is 5. The lowest BCUT2D eigenvalue weighted by Gasteiger charge is -2.44. The van der Waals surface area contributed by atoms with Crippen molar-refractivity contribution in [3.8, 4) is 5.75 Å². The summed E-state index contributed by atoms with van der Waals surface area (Å²) in [7, 11) is 1.59. The molecule has 3 amide bonds. The van der Waals surface area contributed by atoms with Gasteiger partial charge in [-0.05, 0) is 56.7 Å². The number of hydrogen-bond donors (Lipinski definition) is 1. The number of likely N-dealkylation sites (tertiary alicyclic amines) is 1. The smallest absolute Gasteiger partial charge is 0.256 e. The lowest BCUT2D eigenvalue weighted by molar-refractivity contribution is -0.128. The molecule has 2 heterocycles. The minimum absolute atomic E-state index is 0.00524. The van der Waals surface area contributed by atoms with E-state index in [0.29, 0.717) is 42.8 Å². The quantitative estimate of drug-likeness (QED) is 0.667. The van der Waals surface area contributed by atoms with E-state index in [0.717, 1.165) is 12.0 Å². The van der Waals surface area contributed by atoms with E-state index in [9.17, 15) is 14.4 Å². The zero-order chi connectivity index (χ0) is 25.9. The molecule has 0 unspecified atom stereocenters. The van der Waals surface area contributed by atoms with Gasteiger partial charge in [-0.3, -0.25) is 19.3 Å². The first-order valence-corrected chi connectivity index (χ1v) is 12.6. The molecular weight excluding hydrogens is 458 g/mol. The van der Waals surface area contributed by atoms with Gasteiger partial charge in [0, 0.05) is 43.1 Å². The van der Waals surface area contributed by atoms with Crippen molar-refractivity contribution < 1.29 is 23.9 Å². The topological polar surface area (TPSA) is 88.2 Å². The number of rotatable bonds is 6. The average Bonchev–Trinajstić information content (AvgIpc) is 3.27. The van der Waals surface area contributed by atoms with Crippen molar-refractivity contribution in [1.29, 1.82) is 0 Å². The maximum absolute atomic E-state index is 13.8. The minimum atomic E-state index is -0.934. The molecule has 8 heteroatoms. The number of nitrogens with one attached hydrogen (secondary N) is 1. The molecule has 1 spiro atoms.